The van der Waals surface area contributed by atoms with Crippen LogP contribution in [0.5, 0.6) is 0 Å². The Morgan fingerprint density at radius 2 is 2.03 bits per heavy atom. The predicted molar refractivity (Wildman–Crippen MR) is 118 cm³/mol. The Morgan fingerprint density at radius 1 is 1.19 bits per heavy atom. The molecule has 2 aliphatic rings. The molecule has 1 unspecified atom stereocenters. The lowest BCUT2D eigenvalue weighted by molar-refractivity contribution is 0.363. The van der Waals surface area contributed by atoms with Gasteiger partial charge in [-0.15, -0.1) is 0 Å². The Hall–Kier alpha value is -3.60. The number of anilines is 1. The van der Waals surface area contributed by atoms with E-state index in [0.29, 0.717) is 34.8 Å². The molecule has 11 heteroatoms. The molecule has 10 nitrogen and oxygen atoms in total. The van der Waals surface area contributed by atoms with Gasteiger partial charge >= 0.3 is 0 Å². The molecular weight excluding hydrogens is 428 g/mol. The van der Waals surface area contributed by atoms with E-state index >= 15 is 0 Å². The van der Waals surface area contributed by atoms with E-state index in [9.17, 15) is 4.79 Å². The van der Waals surface area contributed by atoms with Crippen molar-refractivity contribution in [1.29, 1.82) is 0 Å². The standard InChI is InChI=1S/C21H18N8O2S/c1-27-9-22-20-18(27)21(30)29(10-23-20)8-16-25-19(26-31-16)17-13-6-28(7-14(13)17)12-2-3-15-11(4-12)5-24-32-15/h2-5,9-10,13-14,17H,6-8H2,1H3/t13-,14?,17+/m1/s1. The molecule has 1 aliphatic carbocycles. The van der Waals surface area contributed by atoms with Crippen LogP contribution in [0.3, 0.4) is 0 Å². The molecule has 2 fully saturated rings. The number of hydrogen-bond donors (Lipinski definition) is 0. The highest BCUT2D eigenvalue weighted by molar-refractivity contribution is 7.13. The van der Waals surface area contributed by atoms with Crippen molar-refractivity contribution in [3.63, 3.8) is 0 Å². The smallest absolute Gasteiger partial charge is 0.280 e. The van der Waals surface area contributed by atoms with Crippen LogP contribution in [0.1, 0.15) is 17.6 Å². The zero-order chi connectivity index (χ0) is 21.4. The van der Waals surface area contributed by atoms with Gasteiger partial charge < -0.3 is 14.0 Å². The molecule has 0 amide bonds. The monoisotopic (exact) mass is 446 g/mol. The van der Waals surface area contributed by atoms with Crippen molar-refractivity contribution >= 4 is 38.5 Å². The van der Waals surface area contributed by atoms with E-state index in [-0.39, 0.29) is 12.1 Å². The van der Waals surface area contributed by atoms with Gasteiger partial charge in [0.2, 0.25) is 5.89 Å². The maximum Gasteiger partial charge on any atom is 0.280 e. The maximum atomic E-state index is 12.7. The molecule has 1 aliphatic heterocycles. The van der Waals surface area contributed by atoms with Crippen LogP contribution in [0.4, 0.5) is 5.69 Å². The van der Waals surface area contributed by atoms with E-state index < -0.39 is 0 Å². The number of nitrogens with zero attached hydrogens (tertiary/aromatic N) is 8. The fourth-order valence-corrected chi connectivity index (χ4v) is 5.60. The highest BCUT2D eigenvalue weighted by atomic mass is 32.1. The number of aromatic nitrogens is 7. The van der Waals surface area contributed by atoms with Gasteiger partial charge in [0, 0.05) is 43.3 Å². The predicted octanol–water partition coefficient (Wildman–Crippen LogP) is 2.02. The molecule has 0 spiro atoms. The third kappa shape index (κ3) is 2.63. The molecule has 0 bridgehead atoms. The summed E-state index contributed by atoms with van der Waals surface area (Å²) in [4.78, 5) is 28.1. The summed E-state index contributed by atoms with van der Waals surface area (Å²) in [7, 11) is 1.78. The van der Waals surface area contributed by atoms with Crippen LogP contribution in [-0.4, -0.2) is 46.7 Å². The lowest BCUT2D eigenvalue weighted by Crippen LogP contribution is -2.23. The first kappa shape index (κ1) is 18.0. The SMILES string of the molecule is Cn1cnc2ncn(Cc3nc([C@@H]4C5CN(c6ccc7sncc7c6)C[C@H]54)no3)c(=O)c21. The van der Waals surface area contributed by atoms with E-state index in [1.165, 1.54) is 38.2 Å². The lowest BCUT2D eigenvalue weighted by atomic mass is 10.2. The molecular formula is C21H18N8O2S. The summed E-state index contributed by atoms with van der Waals surface area (Å²) in [5.41, 5.74) is 1.96. The van der Waals surface area contributed by atoms with Gasteiger partial charge in [-0.1, -0.05) is 5.16 Å². The molecule has 3 atom stereocenters. The van der Waals surface area contributed by atoms with Crippen LogP contribution in [0.15, 0.2) is 46.4 Å². The average Bonchev–Trinajstić information content (AvgIpc) is 3.38. The summed E-state index contributed by atoms with van der Waals surface area (Å²) in [6, 6.07) is 6.54. The Labute approximate surface area is 185 Å². The minimum Gasteiger partial charge on any atom is -0.371 e. The van der Waals surface area contributed by atoms with Gasteiger partial charge in [-0.25, -0.2) is 9.97 Å². The Morgan fingerprint density at radius 3 is 2.91 bits per heavy atom. The quantitative estimate of drug-likeness (QED) is 0.413. The largest absolute Gasteiger partial charge is 0.371 e. The topological polar surface area (TPSA) is 108 Å². The minimum atomic E-state index is -0.175. The molecule has 4 aromatic heterocycles. The van der Waals surface area contributed by atoms with E-state index in [2.05, 4.69) is 47.6 Å². The number of aryl methyl sites for hydroxylation is 1. The zero-order valence-electron chi connectivity index (χ0n) is 17.1. The highest BCUT2D eigenvalue weighted by Gasteiger charge is 2.58. The minimum absolute atomic E-state index is 0.175. The van der Waals surface area contributed by atoms with Crippen molar-refractivity contribution in [3.8, 4) is 0 Å². The molecule has 7 rings (SSSR count). The first-order valence-corrected chi connectivity index (χ1v) is 11.2. The van der Waals surface area contributed by atoms with Crippen molar-refractivity contribution in [1.82, 2.24) is 33.6 Å². The van der Waals surface area contributed by atoms with Crippen molar-refractivity contribution in [2.45, 2.75) is 12.5 Å². The van der Waals surface area contributed by atoms with Crippen LogP contribution in [0.25, 0.3) is 21.3 Å². The summed E-state index contributed by atoms with van der Waals surface area (Å²) in [5.74, 6) is 2.56. The van der Waals surface area contributed by atoms with Gasteiger partial charge in [0.15, 0.2) is 17.0 Å². The normalized spacial score (nSPS) is 22.2. The molecule has 5 heterocycles. The van der Waals surface area contributed by atoms with Gasteiger partial charge in [0.1, 0.15) is 12.9 Å². The number of rotatable bonds is 4. The second-order valence-corrected chi connectivity index (χ2v) is 9.39. The van der Waals surface area contributed by atoms with Crippen molar-refractivity contribution in [2.75, 3.05) is 18.0 Å². The first-order chi connectivity index (χ1) is 15.7. The van der Waals surface area contributed by atoms with Gasteiger partial charge in [-0.3, -0.25) is 9.36 Å². The average molecular weight is 446 g/mol. The third-order valence-corrected chi connectivity index (χ3v) is 7.46. The summed E-state index contributed by atoms with van der Waals surface area (Å²) < 4.78 is 14.1. The van der Waals surface area contributed by atoms with Crippen LogP contribution in [0.2, 0.25) is 0 Å². The Kier molecular flexibility index (Phi) is 3.63. The molecule has 1 saturated heterocycles. The van der Waals surface area contributed by atoms with Gasteiger partial charge in [-0.2, -0.15) is 9.36 Å². The van der Waals surface area contributed by atoms with E-state index in [1.54, 1.807) is 17.9 Å². The molecule has 0 radical (unpaired) electrons. The zero-order valence-corrected chi connectivity index (χ0v) is 17.9. The summed E-state index contributed by atoms with van der Waals surface area (Å²) >= 11 is 1.53. The number of piperidine rings is 1. The second-order valence-electron chi connectivity index (χ2n) is 8.56. The summed E-state index contributed by atoms with van der Waals surface area (Å²) in [5, 5.41) is 5.42. The molecule has 1 aromatic carbocycles. The first-order valence-electron chi connectivity index (χ1n) is 10.4. The van der Waals surface area contributed by atoms with Crippen LogP contribution in [-0.2, 0) is 13.6 Å². The molecule has 1 saturated carbocycles. The van der Waals surface area contributed by atoms with Gasteiger partial charge in [0.25, 0.3) is 5.56 Å². The number of benzene rings is 1. The second kappa shape index (κ2) is 6.45. The Balaban J connectivity index is 1.07. The highest BCUT2D eigenvalue weighted by Crippen LogP contribution is 2.58. The fraction of sp³-hybridized carbons (Fsp3) is 0.333. The molecule has 32 heavy (non-hydrogen) atoms. The van der Waals surface area contributed by atoms with Gasteiger partial charge in [-0.05, 0) is 41.6 Å². The van der Waals surface area contributed by atoms with E-state index in [1.807, 2.05) is 6.20 Å². The van der Waals surface area contributed by atoms with Crippen molar-refractivity contribution in [2.24, 2.45) is 18.9 Å². The van der Waals surface area contributed by atoms with Crippen molar-refractivity contribution < 1.29 is 4.52 Å². The summed E-state index contributed by atoms with van der Waals surface area (Å²) in [6.07, 6.45) is 4.99. The van der Waals surface area contributed by atoms with E-state index in [4.69, 9.17) is 4.52 Å². The number of imidazole rings is 1. The van der Waals surface area contributed by atoms with Crippen LogP contribution in [0, 0.1) is 11.8 Å². The number of hydrogen-bond acceptors (Lipinski definition) is 9. The maximum absolute atomic E-state index is 12.7. The third-order valence-electron chi connectivity index (χ3n) is 6.68. The molecule has 5 aromatic rings. The van der Waals surface area contributed by atoms with Gasteiger partial charge in [0.05, 0.1) is 11.0 Å². The number of fused-ring (bicyclic) bond motifs is 3. The lowest BCUT2D eigenvalue weighted by Gasteiger charge is -2.21. The van der Waals surface area contributed by atoms with E-state index in [0.717, 1.165) is 18.9 Å². The Bertz CT molecular complexity index is 1540. The summed E-state index contributed by atoms with van der Waals surface area (Å²) in [6.45, 7) is 2.18. The molecule has 160 valence electrons. The van der Waals surface area contributed by atoms with Crippen LogP contribution < -0.4 is 10.5 Å². The molecule has 0 N–H and O–H groups in total. The van der Waals surface area contributed by atoms with Crippen molar-refractivity contribution in [3.05, 3.63) is 59.1 Å². The van der Waals surface area contributed by atoms with Crippen LogP contribution >= 0.6 is 11.5 Å². The fourth-order valence-electron chi connectivity index (χ4n) is 4.97.